The maximum absolute atomic E-state index is 12.2. The van der Waals surface area contributed by atoms with Crippen LogP contribution in [-0.2, 0) is 4.74 Å². The minimum Gasteiger partial charge on any atom is -0.383 e. The van der Waals surface area contributed by atoms with E-state index in [0.29, 0.717) is 25.0 Å². The highest BCUT2D eigenvalue weighted by Crippen LogP contribution is 2.41. The van der Waals surface area contributed by atoms with E-state index in [9.17, 15) is 4.79 Å². The summed E-state index contributed by atoms with van der Waals surface area (Å²) in [6, 6.07) is 23.7. The number of hydrogen-bond acceptors (Lipinski definition) is 2. The van der Waals surface area contributed by atoms with Crippen molar-refractivity contribution in [1.82, 2.24) is 5.32 Å². The lowest BCUT2D eigenvalue weighted by Gasteiger charge is -2.31. The Balaban J connectivity index is 1.38. The van der Waals surface area contributed by atoms with Crippen molar-refractivity contribution >= 4 is 16.7 Å². The first-order valence-corrected chi connectivity index (χ1v) is 12.0. The number of nitrogens with one attached hydrogen (secondary N) is 1. The molecular formula is C29H35NO2. The maximum Gasteiger partial charge on any atom is 0.251 e. The van der Waals surface area contributed by atoms with Crippen molar-refractivity contribution in [2.45, 2.75) is 50.9 Å². The highest BCUT2D eigenvalue weighted by atomic mass is 16.5. The SMILES string of the molecule is COCCNC(=O)c1ccc(C2CCCC(C[C@H](C)c3cccc4ccccc34)C2)cc1. The number of hydrogen-bond donors (Lipinski definition) is 1. The van der Waals surface area contributed by atoms with Crippen molar-refractivity contribution in [3.05, 3.63) is 83.4 Å². The standard InChI is InChI=1S/C29H35NO2/c1-21(27-12-6-9-24-8-3-4-11-28(24)27)19-22-7-5-10-26(20-22)23-13-15-25(16-14-23)29(31)30-17-18-32-2/h3-4,6,8-9,11-16,21-22,26H,5,7,10,17-20H2,1-2H3,(H,30,31)/t21-,22?,26?/m0/s1. The summed E-state index contributed by atoms with van der Waals surface area (Å²) in [6.07, 6.45) is 6.35. The molecule has 0 bridgehead atoms. The van der Waals surface area contributed by atoms with E-state index in [0.717, 1.165) is 11.5 Å². The predicted molar refractivity (Wildman–Crippen MR) is 132 cm³/mol. The van der Waals surface area contributed by atoms with Gasteiger partial charge >= 0.3 is 0 Å². The number of rotatable bonds is 8. The third-order valence-electron chi connectivity index (χ3n) is 7.06. The van der Waals surface area contributed by atoms with Crippen molar-refractivity contribution in [2.75, 3.05) is 20.3 Å². The van der Waals surface area contributed by atoms with E-state index in [-0.39, 0.29) is 5.91 Å². The van der Waals surface area contributed by atoms with Gasteiger partial charge < -0.3 is 10.1 Å². The summed E-state index contributed by atoms with van der Waals surface area (Å²) < 4.78 is 5.00. The fraction of sp³-hybridized carbons (Fsp3) is 0.414. The number of amides is 1. The molecule has 0 saturated heterocycles. The van der Waals surface area contributed by atoms with Crippen LogP contribution in [0.25, 0.3) is 10.8 Å². The van der Waals surface area contributed by atoms with Crippen molar-refractivity contribution < 1.29 is 9.53 Å². The number of carbonyl (C=O) groups excluding carboxylic acids is 1. The zero-order valence-corrected chi connectivity index (χ0v) is 19.3. The molecule has 32 heavy (non-hydrogen) atoms. The molecule has 0 aliphatic heterocycles. The van der Waals surface area contributed by atoms with Crippen molar-refractivity contribution in [3.8, 4) is 0 Å². The van der Waals surface area contributed by atoms with Crippen LogP contribution in [0.3, 0.4) is 0 Å². The quantitative estimate of drug-likeness (QED) is 0.405. The number of methoxy groups -OCH3 is 1. The summed E-state index contributed by atoms with van der Waals surface area (Å²) in [5.41, 5.74) is 3.58. The molecule has 1 saturated carbocycles. The molecule has 0 aromatic heterocycles. The van der Waals surface area contributed by atoms with Gasteiger partial charge in [-0.3, -0.25) is 4.79 Å². The molecular weight excluding hydrogens is 394 g/mol. The maximum atomic E-state index is 12.2. The van der Waals surface area contributed by atoms with Crippen molar-refractivity contribution in [2.24, 2.45) is 5.92 Å². The molecule has 0 spiro atoms. The number of ether oxygens (including phenoxy) is 1. The third kappa shape index (κ3) is 5.39. The van der Waals surface area contributed by atoms with E-state index < -0.39 is 0 Å². The molecule has 1 fully saturated rings. The molecule has 3 atom stereocenters. The zero-order valence-electron chi connectivity index (χ0n) is 19.3. The van der Waals surface area contributed by atoms with Gasteiger partial charge in [-0.15, -0.1) is 0 Å². The lowest BCUT2D eigenvalue weighted by molar-refractivity contribution is 0.0937. The fourth-order valence-corrected chi connectivity index (χ4v) is 5.39. The molecule has 3 nitrogen and oxygen atoms in total. The lowest BCUT2D eigenvalue weighted by atomic mass is 9.74. The summed E-state index contributed by atoms with van der Waals surface area (Å²) in [6.45, 7) is 3.46. The monoisotopic (exact) mass is 429 g/mol. The second-order valence-electron chi connectivity index (χ2n) is 9.31. The van der Waals surface area contributed by atoms with E-state index >= 15 is 0 Å². The zero-order chi connectivity index (χ0) is 22.3. The summed E-state index contributed by atoms with van der Waals surface area (Å²) in [5.74, 6) is 1.88. The van der Waals surface area contributed by atoms with Crippen molar-refractivity contribution in [1.29, 1.82) is 0 Å². The Kier molecular flexibility index (Phi) is 7.59. The van der Waals surface area contributed by atoms with Gasteiger partial charge in [-0.2, -0.15) is 0 Å². The Labute approximate surface area is 192 Å². The highest BCUT2D eigenvalue weighted by Gasteiger charge is 2.25. The van der Waals surface area contributed by atoms with E-state index in [2.05, 4.69) is 66.8 Å². The van der Waals surface area contributed by atoms with Gasteiger partial charge in [-0.05, 0) is 71.0 Å². The van der Waals surface area contributed by atoms with Crippen LogP contribution in [0.4, 0.5) is 0 Å². The van der Waals surface area contributed by atoms with Crippen LogP contribution in [0.2, 0.25) is 0 Å². The first-order chi connectivity index (χ1) is 15.7. The molecule has 1 aliphatic rings. The van der Waals surface area contributed by atoms with Crippen LogP contribution in [0, 0.1) is 5.92 Å². The molecule has 1 aliphatic carbocycles. The molecule has 3 aromatic carbocycles. The first kappa shape index (κ1) is 22.5. The smallest absolute Gasteiger partial charge is 0.251 e. The van der Waals surface area contributed by atoms with Gasteiger partial charge in [-0.1, -0.05) is 74.4 Å². The number of benzene rings is 3. The first-order valence-electron chi connectivity index (χ1n) is 12.0. The third-order valence-corrected chi connectivity index (χ3v) is 7.06. The van der Waals surface area contributed by atoms with Crippen LogP contribution in [-0.4, -0.2) is 26.2 Å². The van der Waals surface area contributed by atoms with E-state index in [1.807, 2.05) is 12.1 Å². The Morgan fingerprint density at radius 3 is 2.62 bits per heavy atom. The van der Waals surface area contributed by atoms with Gasteiger partial charge in [0, 0.05) is 19.2 Å². The molecule has 4 rings (SSSR count). The van der Waals surface area contributed by atoms with E-state index in [1.54, 1.807) is 7.11 Å². The van der Waals surface area contributed by atoms with Gasteiger partial charge in [0.25, 0.3) is 5.91 Å². The second kappa shape index (κ2) is 10.8. The van der Waals surface area contributed by atoms with Gasteiger partial charge in [0.15, 0.2) is 0 Å². The largest absolute Gasteiger partial charge is 0.383 e. The minimum atomic E-state index is -0.0287. The summed E-state index contributed by atoms with van der Waals surface area (Å²) >= 11 is 0. The molecule has 0 radical (unpaired) electrons. The normalized spacial score (nSPS) is 19.6. The van der Waals surface area contributed by atoms with Gasteiger partial charge in [-0.25, -0.2) is 0 Å². The van der Waals surface area contributed by atoms with Crippen LogP contribution < -0.4 is 5.32 Å². The Bertz CT molecular complexity index is 1020. The highest BCUT2D eigenvalue weighted by molar-refractivity contribution is 5.94. The summed E-state index contributed by atoms with van der Waals surface area (Å²) in [7, 11) is 1.64. The van der Waals surface area contributed by atoms with E-state index in [4.69, 9.17) is 4.74 Å². The molecule has 2 unspecified atom stereocenters. The average Bonchev–Trinajstić information content (AvgIpc) is 2.84. The summed E-state index contributed by atoms with van der Waals surface area (Å²) in [4.78, 5) is 12.2. The second-order valence-corrected chi connectivity index (χ2v) is 9.31. The lowest BCUT2D eigenvalue weighted by Crippen LogP contribution is -2.26. The van der Waals surface area contributed by atoms with Gasteiger partial charge in [0.05, 0.1) is 6.61 Å². The predicted octanol–water partition coefficient (Wildman–Crippen LogP) is 6.68. The fourth-order valence-electron chi connectivity index (χ4n) is 5.39. The average molecular weight is 430 g/mol. The van der Waals surface area contributed by atoms with Gasteiger partial charge in [0.2, 0.25) is 0 Å². The molecule has 3 aromatic rings. The molecule has 0 heterocycles. The van der Waals surface area contributed by atoms with Crippen LogP contribution in [0.15, 0.2) is 66.7 Å². The Morgan fingerprint density at radius 2 is 1.81 bits per heavy atom. The number of carbonyl (C=O) groups is 1. The number of fused-ring (bicyclic) bond motifs is 1. The molecule has 1 amide bonds. The minimum absolute atomic E-state index is 0.0287. The van der Waals surface area contributed by atoms with Crippen molar-refractivity contribution in [3.63, 3.8) is 0 Å². The summed E-state index contributed by atoms with van der Waals surface area (Å²) in [5, 5.41) is 5.63. The van der Waals surface area contributed by atoms with Gasteiger partial charge in [0.1, 0.15) is 0 Å². The van der Waals surface area contributed by atoms with Crippen LogP contribution in [0.1, 0.15) is 72.3 Å². The van der Waals surface area contributed by atoms with Crippen LogP contribution in [0.5, 0.6) is 0 Å². The molecule has 168 valence electrons. The van der Waals surface area contributed by atoms with E-state index in [1.165, 1.54) is 54.0 Å². The molecule has 3 heteroatoms. The topological polar surface area (TPSA) is 38.3 Å². The van der Waals surface area contributed by atoms with Crippen LogP contribution >= 0.6 is 0 Å². The Morgan fingerprint density at radius 1 is 1.03 bits per heavy atom. The molecule has 1 N–H and O–H groups in total. The Hall–Kier alpha value is -2.65.